The van der Waals surface area contributed by atoms with Gasteiger partial charge >= 0.3 is 0 Å². The van der Waals surface area contributed by atoms with Crippen molar-refractivity contribution in [2.75, 3.05) is 19.6 Å². The second-order valence-corrected chi connectivity index (χ2v) is 7.33. The molecule has 6 nitrogen and oxygen atoms in total. The third kappa shape index (κ3) is 3.58. The predicted octanol–water partition coefficient (Wildman–Crippen LogP) is 1.38. The second-order valence-electron chi connectivity index (χ2n) is 7.33. The molecular weight excluding hydrogens is 316 g/mol. The Labute approximate surface area is 147 Å². The Morgan fingerprint density at radius 1 is 1.12 bits per heavy atom. The lowest BCUT2D eigenvalue weighted by molar-refractivity contribution is -0.128. The van der Waals surface area contributed by atoms with Crippen molar-refractivity contribution < 1.29 is 9.59 Å². The van der Waals surface area contributed by atoms with Crippen LogP contribution in [0.3, 0.4) is 0 Å². The molecule has 1 aromatic carbocycles. The summed E-state index contributed by atoms with van der Waals surface area (Å²) in [7, 11) is 0. The normalized spacial score (nSPS) is 26.8. The van der Waals surface area contributed by atoms with Crippen molar-refractivity contribution in [3.63, 3.8) is 0 Å². The van der Waals surface area contributed by atoms with Gasteiger partial charge in [-0.2, -0.15) is 5.10 Å². The quantitative estimate of drug-likeness (QED) is 0.904. The first kappa shape index (κ1) is 16.3. The summed E-state index contributed by atoms with van der Waals surface area (Å²) < 4.78 is 0. The number of nitrogens with zero attached hydrogens (tertiary/aromatic N) is 3. The molecule has 25 heavy (non-hydrogen) atoms. The Kier molecular flexibility index (Phi) is 4.53. The van der Waals surface area contributed by atoms with Crippen LogP contribution < -0.4 is 5.43 Å². The number of benzene rings is 1. The molecule has 2 atom stereocenters. The van der Waals surface area contributed by atoms with E-state index in [1.54, 1.807) is 0 Å². The van der Waals surface area contributed by atoms with Crippen LogP contribution in [0.15, 0.2) is 35.4 Å². The van der Waals surface area contributed by atoms with Gasteiger partial charge in [0.1, 0.15) is 5.71 Å². The summed E-state index contributed by atoms with van der Waals surface area (Å²) in [5, 5.41) is 4.00. The van der Waals surface area contributed by atoms with E-state index in [4.69, 9.17) is 0 Å². The van der Waals surface area contributed by atoms with Crippen LogP contribution >= 0.6 is 0 Å². The molecule has 2 bridgehead atoms. The van der Waals surface area contributed by atoms with E-state index in [1.807, 2.05) is 11.0 Å². The summed E-state index contributed by atoms with van der Waals surface area (Å²) in [4.78, 5) is 28.6. The van der Waals surface area contributed by atoms with Gasteiger partial charge in [-0.1, -0.05) is 30.3 Å². The fourth-order valence-electron chi connectivity index (χ4n) is 4.19. The first-order chi connectivity index (χ1) is 12.2. The molecule has 3 fully saturated rings. The van der Waals surface area contributed by atoms with Crippen molar-refractivity contribution in [1.82, 2.24) is 15.2 Å². The molecule has 0 aliphatic carbocycles. The van der Waals surface area contributed by atoms with Gasteiger partial charge in [-0.3, -0.25) is 14.5 Å². The molecule has 0 saturated carbocycles. The van der Waals surface area contributed by atoms with Crippen molar-refractivity contribution in [3.8, 4) is 0 Å². The van der Waals surface area contributed by atoms with Gasteiger partial charge in [-0.05, 0) is 24.3 Å². The zero-order valence-corrected chi connectivity index (χ0v) is 14.4. The van der Waals surface area contributed by atoms with E-state index in [1.165, 1.54) is 12.0 Å². The Hall–Kier alpha value is -2.21. The lowest BCUT2D eigenvalue weighted by Gasteiger charge is -2.36. The zero-order chi connectivity index (χ0) is 17.2. The van der Waals surface area contributed by atoms with Gasteiger partial charge in [-0.15, -0.1) is 0 Å². The summed E-state index contributed by atoms with van der Waals surface area (Å²) in [5.41, 5.74) is 4.27. The summed E-state index contributed by atoms with van der Waals surface area (Å²) in [6, 6.07) is 10.8. The third-order valence-corrected chi connectivity index (χ3v) is 5.45. The lowest BCUT2D eigenvalue weighted by atomic mass is 9.94. The van der Waals surface area contributed by atoms with E-state index < -0.39 is 0 Å². The number of amides is 2. The van der Waals surface area contributed by atoms with Gasteiger partial charge in [0.15, 0.2) is 0 Å². The number of carbonyl (C=O) groups is 2. The summed E-state index contributed by atoms with van der Waals surface area (Å²) in [6.07, 6.45) is 3.04. The molecule has 2 amide bonds. The van der Waals surface area contributed by atoms with Crippen LogP contribution in [0.2, 0.25) is 0 Å². The average Bonchev–Trinajstić information content (AvgIpc) is 2.93. The number of nitrogens with one attached hydrogen (secondary N) is 1. The van der Waals surface area contributed by atoms with Gasteiger partial charge in [0.05, 0.1) is 0 Å². The molecule has 3 saturated heterocycles. The molecule has 4 aliphatic heterocycles. The SMILES string of the molecule is O=C1CCC(C(=O)N2C[C@@H]3CC[C@H]2CN(Cc2ccccc2)C3)=NN1. The molecule has 1 N–H and O–H groups in total. The first-order valence-electron chi connectivity index (χ1n) is 9.11. The first-order valence-corrected chi connectivity index (χ1v) is 9.11. The van der Waals surface area contributed by atoms with Crippen molar-refractivity contribution >= 4 is 17.5 Å². The van der Waals surface area contributed by atoms with Crippen molar-refractivity contribution in [2.45, 2.75) is 38.3 Å². The molecule has 0 unspecified atom stereocenters. The van der Waals surface area contributed by atoms with E-state index in [2.05, 4.69) is 39.7 Å². The number of hydrazone groups is 1. The lowest BCUT2D eigenvalue weighted by Crippen LogP contribution is -2.50. The van der Waals surface area contributed by atoms with E-state index in [0.717, 1.165) is 32.6 Å². The number of fused-ring (bicyclic) bond motifs is 4. The highest BCUT2D eigenvalue weighted by molar-refractivity contribution is 6.39. The van der Waals surface area contributed by atoms with Crippen LogP contribution in [0.1, 0.15) is 31.2 Å². The zero-order valence-electron chi connectivity index (χ0n) is 14.4. The van der Waals surface area contributed by atoms with Crippen LogP contribution in [-0.2, 0) is 16.1 Å². The molecule has 4 heterocycles. The highest BCUT2D eigenvalue weighted by Gasteiger charge is 2.38. The molecule has 4 aliphatic rings. The minimum atomic E-state index is -0.108. The van der Waals surface area contributed by atoms with Crippen LogP contribution in [0, 0.1) is 5.92 Å². The van der Waals surface area contributed by atoms with E-state index in [-0.39, 0.29) is 17.9 Å². The smallest absolute Gasteiger partial charge is 0.270 e. The third-order valence-electron chi connectivity index (χ3n) is 5.45. The molecule has 0 radical (unpaired) electrons. The number of hydrogen-bond donors (Lipinski definition) is 1. The molecule has 0 aromatic heterocycles. The maximum atomic E-state index is 12.9. The molecule has 6 heteroatoms. The molecule has 0 spiro atoms. The van der Waals surface area contributed by atoms with E-state index in [9.17, 15) is 9.59 Å². The largest absolute Gasteiger partial charge is 0.333 e. The molecule has 1 aromatic rings. The standard InChI is InChI=1S/C19H24N4O2/c24-18-9-8-17(20-21-18)19(25)23-12-15-6-7-16(23)13-22(11-15)10-14-4-2-1-3-5-14/h1-5,15-16H,6-13H2,(H,21,24)/t15-,16+/m1/s1. The van der Waals surface area contributed by atoms with E-state index in [0.29, 0.717) is 24.5 Å². The van der Waals surface area contributed by atoms with Crippen molar-refractivity contribution in [2.24, 2.45) is 11.0 Å². The number of piperidine rings is 1. The summed E-state index contributed by atoms with van der Waals surface area (Å²) in [6.45, 7) is 3.70. The topological polar surface area (TPSA) is 65.0 Å². The highest BCUT2D eigenvalue weighted by atomic mass is 16.2. The Bertz CT molecular complexity index is 688. The molecule has 132 valence electrons. The molecule has 5 rings (SSSR count). The number of carbonyl (C=O) groups excluding carboxylic acids is 2. The minimum Gasteiger partial charge on any atom is -0.333 e. The Morgan fingerprint density at radius 3 is 2.72 bits per heavy atom. The number of rotatable bonds is 3. The van der Waals surface area contributed by atoms with E-state index >= 15 is 0 Å². The maximum absolute atomic E-state index is 12.9. The van der Waals surface area contributed by atoms with Crippen LogP contribution in [0.25, 0.3) is 0 Å². The van der Waals surface area contributed by atoms with Gasteiger partial charge < -0.3 is 4.90 Å². The van der Waals surface area contributed by atoms with Gasteiger partial charge in [0, 0.05) is 45.1 Å². The highest BCUT2D eigenvalue weighted by Crippen LogP contribution is 2.29. The molecular formula is C19H24N4O2. The fraction of sp³-hybridized carbons (Fsp3) is 0.526. The summed E-state index contributed by atoms with van der Waals surface area (Å²) >= 11 is 0. The summed E-state index contributed by atoms with van der Waals surface area (Å²) in [5.74, 6) is 0.421. The van der Waals surface area contributed by atoms with Crippen LogP contribution in [0.4, 0.5) is 0 Å². The Balaban J connectivity index is 1.46. The van der Waals surface area contributed by atoms with Crippen LogP contribution in [0.5, 0.6) is 0 Å². The average molecular weight is 340 g/mol. The predicted molar refractivity (Wildman–Crippen MR) is 94.8 cm³/mol. The maximum Gasteiger partial charge on any atom is 0.270 e. The fourth-order valence-corrected chi connectivity index (χ4v) is 4.19. The van der Waals surface area contributed by atoms with Crippen molar-refractivity contribution in [1.29, 1.82) is 0 Å². The van der Waals surface area contributed by atoms with Gasteiger partial charge in [0.2, 0.25) is 5.91 Å². The van der Waals surface area contributed by atoms with Crippen molar-refractivity contribution in [3.05, 3.63) is 35.9 Å². The minimum absolute atomic E-state index is 0.0104. The van der Waals surface area contributed by atoms with Gasteiger partial charge in [0.25, 0.3) is 5.91 Å². The Morgan fingerprint density at radius 2 is 1.96 bits per heavy atom. The number of hydrogen-bond acceptors (Lipinski definition) is 4. The van der Waals surface area contributed by atoms with Crippen LogP contribution in [-0.4, -0.2) is 53.0 Å². The monoisotopic (exact) mass is 340 g/mol. The van der Waals surface area contributed by atoms with Gasteiger partial charge in [-0.25, -0.2) is 5.43 Å². The second kappa shape index (κ2) is 6.96.